The van der Waals surface area contributed by atoms with Crippen molar-refractivity contribution < 1.29 is 23.9 Å². The van der Waals surface area contributed by atoms with Crippen molar-refractivity contribution >= 4 is 29.2 Å². The van der Waals surface area contributed by atoms with E-state index >= 15 is 0 Å². The lowest BCUT2D eigenvalue weighted by Crippen LogP contribution is -2.53. The zero-order valence-corrected chi connectivity index (χ0v) is 24.1. The van der Waals surface area contributed by atoms with Gasteiger partial charge in [0.15, 0.2) is 5.78 Å². The van der Waals surface area contributed by atoms with Gasteiger partial charge < -0.3 is 24.8 Å². The van der Waals surface area contributed by atoms with Gasteiger partial charge in [-0.15, -0.1) is 0 Å². The monoisotopic (exact) mass is 540 g/mol. The van der Waals surface area contributed by atoms with Crippen LogP contribution in [0, 0.1) is 5.92 Å². The molecule has 3 aliphatic rings. The number of hydrogen-bond donors (Lipinski definition) is 1. The third-order valence-electron chi connectivity index (χ3n) is 8.73. The smallest absolute Gasteiger partial charge is 0.255 e. The van der Waals surface area contributed by atoms with E-state index in [0.29, 0.717) is 37.8 Å². The lowest BCUT2D eigenvalue weighted by atomic mass is 9.99. The summed E-state index contributed by atoms with van der Waals surface area (Å²) in [5, 5.41) is 2.95. The van der Waals surface area contributed by atoms with Crippen molar-refractivity contribution in [3.05, 3.63) is 29.8 Å². The summed E-state index contributed by atoms with van der Waals surface area (Å²) in [6, 6.07) is 5.64. The zero-order valence-electron chi connectivity index (χ0n) is 24.1. The van der Waals surface area contributed by atoms with Crippen molar-refractivity contribution in [2.75, 3.05) is 38.2 Å². The highest BCUT2D eigenvalue weighted by molar-refractivity contribution is 6.01. The predicted molar refractivity (Wildman–Crippen MR) is 150 cm³/mol. The van der Waals surface area contributed by atoms with E-state index in [0.717, 1.165) is 31.6 Å². The number of likely N-dealkylation sites (tertiary alicyclic amines) is 2. The molecule has 0 aromatic heterocycles. The molecule has 9 heteroatoms. The third kappa shape index (κ3) is 5.69. The Morgan fingerprint density at radius 1 is 1.08 bits per heavy atom. The van der Waals surface area contributed by atoms with Crippen molar-refractivity contribution in [2.45, 2.75) is 89.9 Å². The lowest BCUT2D eigenvalue weighted by molar-refractivity contribution is -0.155. The van der Waals surface area contributed by atoms with Crippen LogP contribution in [-0.4, -0.2) is 90.3 Å². The number of hydrogen-bond acceptors (Lipinski definition) is 6. The Bertz CT molecular complexity index is 1060. The molecule has 39 heavy (non-hydrogen) atoms. The van der Waals surface area contributed by atoms with Crippen LogP contribution in [-0.2, 0) is 19.1 Å². The minimum absolute atomic E-state index is 0.00312. The average Bonchev–Trinajstić information content (AvgIpc) is 3.66. The molecule has 0 radical (unpaired) electrons. The van der Waals surface area contributed by atoms with Crippen LogP contribution in [0.4, 0.5) is 5.69 Å². The van der Waals surface area contributed by atoms with E-state index in [4.69, 9.17) is 4.74 Å². The van der Waals surface area contributed by atoms with Crippen LogP contribution in [0.5, 0.6) is 0 Å². The maximum absolute atomic E-state index is 13.8. The largest absolute Gasteiger partial charge is 0.372 e. The van der Waals surface area contributed by atoms with Crippen molar-refractivity contribution in [1.82, 2.24) is 15.1 Å². The quantitative estimate of drug-likeness (QED) is 0.490. The standard InChI is InChI=1S/C30H44N4O5/c1-6-32(7-2)22-12-10-21(11-13-22)27(36)31-23(18-20(3)4)28(37)33-17-14-24-26(33)25(35)19-34(24)29(38)30(39-5)15-8-9-16-30/h10-13,20,23-24,26H,6-9,14-19H2,1-5H3,(H,31,36). The summed E-state index contributed by atoms with van der Waals surface area (Å²) in [6.07, 6.45) is 4.17. The maximum atomic E-state index is 13.8. The van der Waals surface area contributed by atoms with Crippen molar-refractivity contribution in [1.29, 1.82) is 0 Å². The van der Waals surface area contributed by atoms with Crippen molar-refractivity contribution in [3.63, 3.8) is 0 Å². The van der Waals surface area contributed by atoms with E-state index < -0.39 is 17.7 Å². The highest BCUT2D eigenvalue weighted by Crippen LogP contribution is 2.38. The molecule has 1 aromatic carbocycles. The van der Waals surface area contributed by atoms with Gasteiger partial charge in [-0.3, -0.25) is 19.2 Å². The Kier molecular flexibility index (Phi) is 8.99. The molecule has 214 valence electrons. The molecule has 3 unspecified atom stereocenters. The second-order valence-electron chi connectivity index (χ2n) is 11.5. The van der Waals surface area contributed by atoms with Gasteiger partial charge >= 0.3 is 0 Å². The number of fused-ring (bicyclic) bond motifs is 1. The summed E-state index contributed by atoms with van der Waals surface area (Å²) in [7, 11) is 1.57. The second kappa shape index (κ2) is 12.1. The highest BCUT2D eigenvalue weighted by Gasteiger charge is 2.56. The molecule has 1 saturated carbocycles. The number of anilines is 1. The summed E-state index contributed by atoms with van der Waals surface area (Å²) in [6.45, 7) is 10.3. The molecule has 0 spiro atoms. The first-order valence-corrected chi connectivity index (χ1v) is 14.5. The van der Waals surface area contributed by atoms with Gasteiger partial charge in [0, 0.05) is 38.0 Å². The van der Waals surface area contributed by atoms with Gasteiger partial charge in [0.05, 0.1) is 12.6 Å². The van der Waals surface area contributed by atoms with Gasteiger partial charge in [0.25, 0.3) is 11.8 Å². The number of nitrogens with zero attached hydrogens (tertiary/aromatic N) is 3. The Labute approximate surface area is 232 Å². The fraction of sp³-hybridized carbons (Fsp3) is 0.667. The summed E-state index contributed by atoms with van der Waals surface area (Å²) in [5.41, 5.74) is 0.671. The number of carbonyl (C=O) groups excluding carboxylic acids is 4. The molecular weight excluding hydrogens is 496 g/mol. The molecular formula is C30H44N4O5. The summed E-state index contributed by atoms with van der Waals surface area (Å²) >= 11 is 0. The molecule has 3 amide bonds. The van der Waals surface area contributed by atoms with Crippen molar-refractivity contribution in [2.24, 2.45) is 5.92 Å². The van der Waals surface area contributed by atoms with Gasteiger partial charge in [0.1, 0.15) is 17.7 Å². The van der Waals surface area contributed by atoms with Crippen LogP contribution >= 0.6 is 0 Å². The van der Waals surface area contributed by atoms with E-state index in [1.165, 1.54) is 0 Å². The van der Waals surface area contributed by atoms with E-state index in [9.17, 15) is 19.2 Å². The number of rotatable bonds is 10. The fourth-order valence-corrected chi connectivity index (χ4v) is 6.60. The molecule has 1 aliphatic carbocycles. The number of amides is 3. The first-order valence-electron chi connectivity index (χ1n) is 14.5. The van der Waals surface area contributed by atoms with Gasteiger partial charge in [0.2, 0.25) is 5.91 Å². The van der Waals surface area contributed by atoms with E-state index in [2.05, 4.69) is 24.1 Å². The Morgan fingerprint density at radius 2 is 1.72 bits per heavy atom. The fourth-order valence-electron chi connectivity index (χ4n) is 6.60. The minimum atomic E-state index is -0.860. The molecule has 9 nitrogen and oxygen atoms in total. The molecule has 3 fully saturated rings. The Hall–Kier alpha value is -2.94. The van der Waals surface area contributed by atoms with Crippen LogP contribution in [0.1, 0.15) is 76.6 Å². The SMILES string of the molecule is CCN(CC)c1ccc(C(=O)NC(CC(C)C)C(=O)N2CCC3C2C(=O)CN3C(=O)C2(OC)CCCC2)cc1. The van der Waals surface area contributed by atoms with Gasteiger partial charge in [-0.2, -0.15) is 0 Å². The zero-order chi connectivity index (χ0) is 28.3. The summed E-state index contributed by atoms with van der Waals surface area (Å²) in [5.74, 6) is -0.658. The average molecular weight is 541 g/mol. The normalized spacial score (nSPS) is 22.8. The molecule has 1 N–H and O–H groups in total. The first kappa shape index (κ1) is 29.1. The van der Waals surface area contributed by atoms with E-state index in [1.807, 2.05) is 26.0 Å². The van der Waals surface area contributed by atoms with Gasteiger partial charge in [-0.1, -0.05) is 13.8 Å². The van der Waals surface area contributed by atoms with Crippen molar-refractivity contribution in [3.8, 4) is 0 Å². The summed E-state index contributed by atoms with van der Waals surface area (Å²) in [4.78, 5) is 59.2. The van der Waals surface area contributed by atoms with E-state index in [1.54, 1.807) is 29.0 Å². The Morgan fingerprint density at radius 3 is 2.28 bits per heavy atom. The molecule has 2 heterocycles. The van der Waals surface area contributed by atoms with Crippen LogP contribution in [0.3, 0.4) is 0 Å². The molecule has 0 bridgehead atoms. The number of benzene rings is 1. The molecule has 2 aliphatic heterocycles. The first-order chi connectivity index (χ1) is 18.7. The van der Waals surface area contributed by atoms with Gasteiger partial charge in [-0.25, -0.2) is 0 Å². The number of ether oxygens (including phenoxy) is 1. The molecule has 3 atom stereocenters. The number of Topliss-reactive ketones (excluding diaryl/α,β-unsaturated/α-hetero) is 1. The second-order valence-corrected chi connectivity index (χ2v) is 11.5. The topological polar surface area (TPSA) is 99.3 Å². The summed E-state index contributed by atoms with van der Waals surface area (Å²) < 4.78 is 5.70. The van der Waals surface area contributed by atoms with Crippen LogP contribution in [0.25, 0.3) is 0 Å². The molecule has 2 saturated heterocycles. The van der Waals surface area contributed by atoms with Crippen LogP contribution in [0.15, 0.2) is 24.3 Å². The van der Waals surface area contributed by atoms with Crippen LogP contribution < -0.4 is 10.2 Å². The molecule has 4 rings (SSSR count). The number of methoxy groups -OCH3 is 1. The third-order valence-corrected chi connectivity index (χ3v) is 8.73. The molecule has 1 aromatic rings. The maximum Gasteiger partial charge on any atom is 0.255 e. The van der Waals surface area contributed by atoms with E-state index in [-0.39, 0.29) is 42.0 Å². The Balaban J connectivity index is 1.48. The van der Waals surface area contributed by atoms with Crippen LogP contribution in [0.2, 0.25) is 0 Å². The number of nitrogens with one attached hydrogen (secondary N) is 1. The minimum Gasteiger partial charge on any atom is -0.372 e. The number of carbonyl (C=O) groups is 4. The predicted octanol–water partition coefficient (Wildman–Crippen LogP) is 3.02. The lowest BCUT2D eigenvalue weighted by Gasteiger charge is -2.33. The highest BCUT2D eigenvalue weighted by atomic mass is 16.5. The van der Waals surface area contributed by atoms with Gasteiger partial charge in [-0.05, 0) is 82.6 Å². The number of ketones is 1.